The van der Waals surface area contributed by atoms with Crippen molar-refractivity contribution in [1.82, 2.24) is 5.32 Å². The molecule has 0 radical (unpaired) electrons. The Balaban J connectivity index is 2.64. The average Bonchev–Trinajstić information content (AvgIpc) is 2.09. The second-order valence-corrected chi connectivity index (χ2v) is 2.73. The largest absolute Gasteiger partial charge is 0.316 e. The Bertz CT molecular complexity index is 239. The maximum Gasteiger partial charge on any atom is 0.0632 e. The third-order valence-electron chi connectivity index (χ3n) is 1.70. The zero-order valence-corrected chi connectivity index (χ0v) is 7.38. The minimum atomic E-state index is 0.708. The Hall–Kier alpha value is -1.15. The van der Waals surface area contributed by atoms with Crippen molar-refractivity contribution in [3.63, 3.8) is 0 Å². The minimum absolute atomic E-state index is 0.708. The number of benzene rings is 1. The lowest BCUT2D eigenvalue weighted by Gasteiger charge is -2.00. The van der Waals surface area contributed by atoms with Crippen LogP contribution in [0.1, 0.15) is 11.1 Å². The van der Waals surface area contributed by atoms with Gasteiger partial charge in [0, 0.05) is 6.54 Å². The highest BCUT2D eigenvalue weighted by Crippen LogP contribution is 2.04. The van der Waals surface area contributed by atoms with E-state index in [2.05, 4.69) is 41.3 Å². The third kappa shape index (κ3) is 2.47. The van der Waals surface area contributed by atoms with Crippen molar-refractivity contribution in [3.8, 4) is 0 Å². The van der Waals surface area contributed by atoms with Gasteiger partial charge >= 0.3 is 0 Å². The van der Waals surface area contributed by atoms with Crippen LogP contribution in [0.15, 0.2) is 29.3 Å². The van der Waals surface area contributed by atoms with Gasteiger partial charge in [0.2, 0.25) is 0 Å². The van der Waals surface area contributed by atoms with Gasteiger partial charge < -0.3 is 5.32 Å². The molecule has 1 rings (SSSR count). The summed E-state index contributed by atoms with van der Waals surface area (Å²) in [5.74, 6) is 0. The molecule has 0 unspecified atom stereocenters. The monoisotopic (exact) mass is 162 g/mol. The lowest BCUT2D eigenvalue weighted by Crippen LogP contribution is -2.04. The first-order valence-electron chi connectivity index (χ1n) is 4.01. The Kier molecular flexibility index (Phi) is 3.48. The number of nitrogens with zero attached hydrogens (tertiary/aromatic N) is 1. The average molecular weight is 162 g/mol. The van der Waals surface area contributed by atoms with E-state index in [1.165, 1.54) is 11.1 Å². The van der Waals surface area contributed by atoms with Crippen molar-refractivity contribution in [3.05, 3.63) is 35.4 Å². The number of rotatable bonds is 4. The molecule has 0 saturated heterocycles. The molecule has 0 fully saturated rings. The van der Waals surface area contributed by atoms with Gasteiger partial charge in [-0.05, 0) is 24.9 Å². The van der Waals surface area contributed by atoms with Crippen molar-refractivity contribution < 1.29 is 0 Å². The second kappa shape index (κ2) is 4.67. The van der Waals surface area contributed by atoms with E-state index < -0.39 is 0 Å². The van der Waals surface area contributed by atoms with Crippen LogP contribution in [0, 0.1) is 0 Å². The molecule has 12 heavy (non-hydrogen) atoms. The van der Waals surface area contributed by atoms with E-state index in [0.717, 1.165) is 6.54 Å². The molecule has 0 bridgehead atoms. The molecule has 0 atom stereocenters. The first-order valence-corrected chi connectivity index (χ1v) is 4.01. The van der Waals surface area contributed by atoms with Crippen molar-refractivity contribution >= 4 is 6.72 Å². The molecular weight excluding hydrogens is 148 g/mol. The molecule has 1 aromatic carbocycles. The molecule has 1 N–H and O–H groups in total. The van der Waals surface area contributed by atoms with Crippen molar-refractivity contribution in [2.75, 3.05) is 7.05 Å². The van der Waals surface area contributed by atoms with Crippen LogP contribution in [0.5, 0.6) is 0 Å². The van der Waals surface area contributed by atoms with Crippen LogP contribution < -0.4 is 5.32 Å². The molecule has 0 amide bonds. The van der Waals surface area contributed by atoms with Gasteiger partial charge in [-0.15, -0.1) is 0 Å². The van der Waals surface area contributed by atoms with E-state index in [1.54, 1.807) is 0 Å². The topological polar surface area (TPSA) is 24.4 Å². The van der Waals surface area contributed by atoms with E-state index in [0.29, 0.717) is 6.54 Å². The van der Waals surface area contributed by atoms with Gasteiger partial charge in [0.25, 0.3) is 0 Å². The Morgan fingerprint density at radius 3 is 2.33 bits per heavy atom. The fourth-order valence-corrected chi connectivity index (χ4v) is 1.10. The Morgan fingerprint density at radius 2 is 1.83 bits per heavy atom. The summed E-state index contributed by atoms with van der Waals surface area (Å²) in [7, 11) is 1.94. The molecular formula is C10H14N2. The zero-order valence-electron chi connectivity index (χ0n) is 7.38. The first kappa shape index (κ1) is 8.94. The number of nitrogens with one attached hydrogen (secondary N) is 1. The summed E-state index contributed by atoms with van der Waals surface area (Å²) >= 11 is 0. The van der Waals surface area contributed by atoms with Gasteiger partial charge in [-0.2, -0.15) is 0 Å². The molecule has 0 aromatic heterocycles. The summed E-state index contributed by atoms with van der Waals surface area (Å²) in [4.78, 5) is 3.82. The predicted molar refractivity (Wildman–Crippen MR) is 52.5 cm³/mol. The maximum atomic E-state index is 3.82. The van der Waals surface area contributed by atoms with Crippen LogP contribution in [0.2, 0.25) is 0 Å². The van der Waals surface area contributed by atoms with Crippen LogP contribution in [-0.4, -0.2) is 13.8 Å². The van der Waals surface area contributed by atoms with Crippen LogP contribution in [0.4, 0.5) is 0 Å². The van der Waals surface area contributed by atoms with Crippen LogP contribution in [-0.2, 0) is 13.1 Å². The lowest BCUT2D eigenvalue weighted by atomic mass is 10.1. The molecule has 0 heterocycles. The summed E-state index contributed by atoms with van der Waals surface area (Å²) in [6.07, 6.45) is 0. The van der Waals surface area contributed by atoms with Gasteiger partial charge in [0.1, 0.15) is 0 Å². The van der Waals surface area contributed by atoms with Gasteiger partial charge in [0.15, 0.2) is 0 Å². The summed E-state index contributed by atoms with van der Waals surface area (Å²) < 4.78 is 0. The highest BCUT2D eigenvalue weighted by molar-refractivity contribution is 5.27. The van der Waals surface area contributed by atoms with E-state index in [-0.39, 0.29) is 0 Å². The lowest BCUT2D eigenvalue weighted by molar-refractivity contribution is 0.817. The molecule has 0 aliphatic carbocycles. The second-order valence-electron chi connectivity index (χ2n) is 2.73. The maximum absolute atomic E-state index is 3.82. The molecule has 0 saturated carbocycles. The molecule has 64 valence electrons. The number of aliphatic imine (C=N–C) groups is 1. The smallest absolute Gasteiger partial charge is 0.0632 e. The molecule has 0 aliphatic rings. The Morgan fingerprint density at radius 1 is 1.25 bits per heavy atom. The minimum Gasteiger partial charge on any atom is -0.316 e. The van der Waals surface area contributed by atoms with Crippen LogP contribution in [0.25, 0.3) is 0 Å². The predicted octanol–water partition coefficient (Wildman–Crippen LogP) is 1.61. The summed E-state index contributed by atoms with van der Waals surface area (Å²) in [5.41, 5.74) is 2.51. The van der Waals surface area contributed by atoms with E-state index >= 15 is 0 Å². The summed E-state index contributed by atoms with van der Waals surface area (Å²) in [6.45, 7) is 5.08. The van der Waals surface area contributed by atoms with Gasteiger partial charge in [-0.3, -0.25) is 4.99 Å². The SMILES string of the molecule is C=NCc1ccc(CNC)cc1. The third-order valence-corrected chi connectivity index (χ3v) is 1.70. The Labute approximate surface area is 73.3 Å². The molecule has 1 aromatic rings. The van der Waals surface area contributed by atoms with Crippen molar-refractivity contribution in [2.45, 2.75) is 13.1 Å². The quantitative estimate of drug-likeness (QED) is 0.668. The zero-order chi connectivity index (χ0) is 8.81. The normalized spacial score (nSPS) is 9.75. The molecule has 2 heteroatoms. The van der Waals surface area contributed by atoms with E-state index in [9.17, 15) is 0 Å². The summed E-state index contributed by atoms with van der Waals surface area (Å²) in [5, 5.41) is 3.10. The molecule has 0 spiro atoms. The van der Waals surface area contributed by atoms with Crippen molar-refractivity contribution in [2.24, 2.45) is 4.99 Å². The molecule has 2 nitrogen and oxygen atoms in total. The van der Waals surface area contributed by atoms with Crippen LogP contribution in [0.3, 0.4) is 0 Å². The highest BCUT2D eigenvalue weighted by Gasteiger charge is 1.91. The van der Waals surface area contributed by atoms with Crippen molar-refractivity contribution in [1.29, 1.82) is 0 Å². The highest BCUT2D eigenvalue weighted by atomic mass is 14.8. The van der Waals surface area contributed by atoms with E-state index in [1.807, 2.05) is 7.05 Å². The summed E-state index contributed by atoms with van der Waals surface area (Å²) in [6, 6.07) is 8.39. The molecule has 0 aliphatic heterocycles. The fraction of sp³-hybridized carbons (Fsp3) is 0.300. The van der Waals surface area contributed by atoms with E-state index in [4.69, 9.17) is 0 Å². The number of hydrogen-bond donors (Lipinski definition) is 1. The standard InChI is InChI=1S/C10H14N2/c1-11-7-9-3-5-10(6-4-9)8-12-2/h3-6,12H,1,7-8H2,2H3. The number of hydrogen-bond acceptors (Lipinski definition) is 2. The van der Waals surface area contributed by atoms with Gasteiger partial charge in [0.05, 0.1) is 6.54 Å². The van der Waals surface area contributed by atoms with Gasteiger partial charge in [-0.1, -0.05) is 24.3 Å². The fourth-order valence-electron chi connectivity index (χ4n) is 1.10. The van der Waals surface area contributed by atoms with Crippen LogP contribution >= 0.6 is 0 Å². The van der Waals surface area contributed by atoms with Gasteiger partial charge in [-0.25, -0.2) is 0 Å². The first-order chi connectivity index (χ1) is 5.86.